The summed E-state index contributed by atoms with van der Waals surface area (Å²) in [7, 11) is 0. The average molecular weight is 320 g/mol. The van der Waals surface area contributed by atoms with Gasteiger partial charge >= 0.3 is 0 Å². The highest BCUT2D eigenvalue weighted by Crippen LogP contribution is 2.24. The van der Waals surface area contributed by atoms with Crippen molar-refractivity contribution in [3.05, 3.63) is 32.6 Å². The number of H-pyrrole nitrogens is 1. The summed E-state index contributed by atoms with van der Waals surface area (Å²) in [5.41, 5.74) is 0.930. The zero-order valence-corrected chi connectivity index (χ0v) is 10.3. The Morgan fingerprint density at radius 3 is 2.79 bits per heavy atom. The van der Waals surface area contributed by atoms with Crippen molar-refractivity contribution < 1.29 is 0 Å². The molecule has 2 rings (SSSR count). The molecule has 2 aromatic rings. The molecule has 0 aliphatic rings. The zero-order chi connectivity index (χ0) is 10.1. The van der Waals surface area contributed by atoms with Gasteiger partial charge in [-0.1, -0.05) is 11.6 Å². The van der Waals surface area contributed by atoms with Crippen LogP contribution in [0.15, 0.2) is 18.2 Å². The van der Waals surface area contributed by atoms with Crippen molar-refractivity contribution in [2.24, 2.45) is 0 Å². The Labute approximate surface area is 100 Å². The monoisotopic (exact) mass is 319 g/mol. The third kappa shape index (κ3) is 1.90. The average Bonchev–Trinajstić information content (AvgIpc) is 2.57. The summed E-state index contributed by atoms with van der Waals surface area (Å²) in [5.74, 6) is 1.48. The molecular weight excluding hydrogens is 312 g/mol. The summed E-state index contributed by atoms with van der Waals surface area (Å²) in [6.07, 6.45) is 0. The van der Waals surface area contributed by atoms with Crippen LogP contribution >= 0.6 is 34.2 Å². The minimum absolute atomic E-state index is 0.681. The van der Waals surface area contributed by atoms with E-state index in [0.717, 1.165) is 20.0 Å². The predicted octanol–water partition coefficient (Wildman–Crippen LogP) is 3.04. The highest BCUT2D eigenvalue weighted by atomic mass is 127. The molecule has 0 atom stereocenters. The molecule has 5 heteroatoms. The molecule has 14 heavy (non-hydrogen) atoms. The lowest BCUT2D eigenvalue weighted by molar-refractivity contribution is 1.04. The molecule has 0 unspecified atom stereocenters. The molecule has 72 valence electrons. The molecule has 0 aliphatic carbocycles. The van der Waals surface area contributed by atoms with Gasteiger partial charge in [-0.3, -0.25) is 5.10 Å². The summed E-state index contributed by atoms with van der Waals surface area (Å²) < 4.78 is 1.03. The van der Waals surface area contributed by atoms with E-state index >= 15 is 0 Å². The number of halogens is 2. The maximum Gasteiger partial charge on any atom is 0.181 e. The normalized spacial score (nSPS) is 10.5. The largest absolute Gasteiger partial charge is 0.263 e. The number of nitrogens with one attached hydrogen (secondary N) is 1. The quantitative estimate of drug-likeness (QED) is 0.821. The molecule has 0 amide bonds. The van der Waals surface area contributed by atoms with Crippen LogP contribution in [0.3, 0.4) is 0 Å². The van der Waals surface area contributed by atoms with Gasteiger partial charge in [0.2, 0.25) is 0 Å². The molecule has 0 bridgehead atoms. The lowest BCUT2D eigenvalue weighted by atomic mass is 10.2. The first kappa shape index (κ1) is 9.92. The number of nitrogens with zero attached hydrogens (tertiary/aromatic N) is 2. The molecule has 0 fully saturated rings. The summed E-state index contributed by atoms with van der Waals surface area (Å²) in [6.45, 7) is 1.87. The van der Waals surface area contributed by atoms with E-state index in [0.29, 0.717) is 5.82 Å². The van der Waals surface area contributed by atoms with Gasteiger partial charge in [0, 0.05) is 9.13 Å². The van der Waals surface area contributed by atoms with E-state index in [4.69, 9.17) is 11.6 Å². The first-order valence-corrected chi connectivity index (χ1v) is 5.47. The van der Waals surface area contributed by atoms with Crippen molar-refractivity contribution in [3.63, 3.8) is 0 Å². The number of aryl methyl sites for hydroxylation is 1. The standard InChI is InChI=1S/C9H7ClIN3/c1-5-12-9(14-13-5)6-2-3-8(11)7(10)4-6/h2-4H,1H3,(H,12,13,14). The van der Waals surface area contributed by atoms with Gasteiger partial charge in [0.15, 0.2) is 5.82 Å². The summed E-state index contributed by atoms with van der Waals surface area (Å²) >= 11 is 8.18. The van der Waals surface area contributed by atoms with Crippen LogP contribution < -0.4 is 0 Å². The van der Waals surface area contributed by atoms with E-state index in [9.17, 15) is 0 Å². The fraction of sp³-hybridized carbons (Fsp3) is 0.111. The molecule has 1 N–H and O–H groups in total. The van der Waals surface area contributed by atoms with Gasteiger partial charge in [-0.2, -0.15) is 5.10 Å². The van der Waals surface area contributed by atoms with Crippen LogP contribution in [0.5, 0.6) is 0 Å². The Bertz CT molecular complexity index is 467. The molecule has 0 radical (unpaired) electrons. The second kappa shape index (κ2) is 3.86. The van der Waals surface area contributed by atoms with Crippen LogP contribution in [-0.4, -0.2) is 15.2 Å². The Morgan fingerprint density at radius 2 is 2.21 bits per heavy atom. The summed E-state index contributed by atoms with van der Waals surface area (Å²) in [5, 5.41) is 7.58. The molecule has 1 heterocycles. The SMILES string of the molecule is Cc1nc(-c2ccc(I)c(Cl)c2)n[nH]1. The van der Waals surface area contributed by atoms with E-state index in [1.807, 2.05) is 25.1 Å². The molecule has 0 saturated heterocycles. The molecular formula is C9H7ClIN3. The molecule has 0 saturated carbocycles. The number of aromatic amines is 1. The second-order valence-corrected chi connectivity index (χ2v) is 4.44. The summed E-state index contributed by atoms with van der Waals surface area (Å²) in [6, 6.07) is 5.77. The van der Waals surface area contributed by atoms with Crippen molar-refractivity contribution in [2.75, 3.05) is 0 Å². The van der Waals surface area contributed by atoms with Crippen LogP contribution in [0, 0.1) is 10.5 Å². The highest BCUT2D eigenvalue weighted by Gasteiger charge is 2.05. The van der Waals surface area contributed by atoms with Crippen LogP contribution in [0.1, 0.15) is 5.82 Å². The van der Waals surface area contributed by atoms with Crippen molar-refractivity contribution >= 4 is 34.2 Å². The number of hydrogen-bond acceptors (Lipinski definition) is 2. The molecule has 0 aliphatic heterocycles. The number of rotatable bonds is 1. The fourth-order valence-corrected chi connectivity index (χ4v) is 1.62. The number of benzene rings is 1. The van der Waals surface area contributed by atoms with Crippen molar-refractivity contribution in [3.8, 4) is 11.4 Å². The topological polar surface area (TPSA) is 41.6 Å². The van der Waals surface area contributed by atoms with E-state index < -0.39 is 0 Å². The second-order valence-electron chi connectivity index (χ2n) is 2.87. The molecule has 1 aromatic carbocycles. The maximum absolute atomic E-state index is 6.00. The Kier molecular flexibility index (Phi) is 2.73. The van der Waals surface area contributed by atoms with Crippen LogP contribution in [-0.2, 0) is 0 Å². The number of aromatic nitrogens is 3. The van der Waals surface area contributed by atoms with Crippen LogP contribution in [0.4, 0.5) is 0 Å². The molecule has 1 aromatic heterocycles. The minimum atomic E-state index is 0.681. The number of hydrogen-bond donors (Lipinski definition) is 1. The lowest BCUT2D eigenvalue weighted by Gasteiger charge is -1.98. The van der Waals surface area contributed by atoms with Crippen molar-refractivity contribution in [2.45, 2.75) is 6.92 Å². The fourth-order valence-electron chi connectivity index (χ4n) is 1.11. The highest BCUT2D eigenvalue weighted by molar-refractivity contribution is 14.1. The third-order valence-electron chi connectivity index (χ3n) is 1.78. The van der Waals surface area contributed by atoms with Crippen molar-refractivity contribution in [1.29, 1.82) is 0 Å². The lowest BCUT2D eigenvalue weighted by Crippen LogP contribution is -1.82. The van der Waals surface area contributed by atoms with Gasteiger partial charge in [-0.15, -0.1) is 0 Å². The van der Waals surface area contributed by atoms with E-state index in [1.54, 1.807) is 0 Å². The Morgan fingerprint density at radius 1 is 1.43 bits per heavy atom. The van der Waals surface area contributed by atoms with E-state index in [2.05, 4.69) is 37.8 Å². The zero-order valence-electron chi connectivity index (χ0n) is 7.38. The molecule has 3 nitrogen and oxygen atoms in total. The first-order chi connectivity index (χ1) is 6.66. The summed E-state index contributed by atoms with van der Waals surface area (Å²) in [4.78, 5) is 4.22. The maximum atomic E-state index is 6.00. The van der Waals surface area contributed by atoms with E-state index in [1.165, 1.54) is 0 Å². The Balaban J connectivity index is 2.47. The van der Waals surface area contributed by atoms with Gasteiger partial charge in [0.25, 0.3) is 0 Å². The van der Waals surface area contributed by atoms with Crippen LogP contribution in [0.25, 0.3) is 11.4 Å². The van der Waals surface area contributed by atoms with Crippen molar-refractivity contribution in [1.82, 2.24) is 15.2 Å². The van der Waals surface area contributed by atoms with Crippen LogP contribution in [0.2, 0.25) is 5.02 Å². The minimum Gasteiger partial charge on any atom is -0.263 e. The van der Waals surface area contributed by atoms with Gasteiger partial charge in [-0.05, 0) is 47.7 Å². The van der Waals surface area contributed by atoms with E-state index in [-0.39, 0.29) is 0 Å². The first-order valence-electron chi connectivity index (χ1n) is 4.01. The molecule has 0 spiro atoms. The third-order valence-corrected chi connectivity index (χ3v) is 3.35. The smallest absolute Gasteiger partial charge is 0.181 e. The van der Waals surface area contributed by atoms with Gasteiger partial charge in [0.1, 0.15) is 5.82 Å². The van der Waals surface area contributed by atoms with Gasteiger partial charge in [0.05, 0.1) is 5.02 Å². The van der Waals surface area contributed by atoms with Gasteiger partial charge < -0.3 is 0 Å². The Hall–Kier alpha value is -0.620. The predicted molar refractivity (Wildman–Crippen MR) is 64.3 cm³/mol. The van der Waals surface area contributed by atoms with Gasteiger partial charge in [-0.25, -0.2) is 4.98 Å².